The standard InChI is InChI=1S/C8H18N2OS/c1-6(12-4)5-8(2,10-3)7(9)11/h6,10H,5H2,1-4H3,(H2,9,11). The fraction of sp³-hybridized carbons (Fsp3) is 0.875. The maximum Gasteiger partial charge on any atom is 0.237 e. The molecule has 0 aromatic carbocycles. The van der Waals surface area contributed by atoms with Crippen LogP contribution in [-0.4, -0.2) is 30.0 Å². The van der Waals surface area contributed by atoms with E-state index in [-0.39, 0.29) is 5.91 Å². The second kappa shape index (κ2) is 4.72. The smallest absolute Gasteiger partial charge is 0.237 e. The zero-order chi connectivity index (χ0) is 9.78. The monoisotopic (exact) mass is 190 g/mol. The van der Waals surface area contributed by atoms with Crippen LogP contribution in [0.5, 0.6) is 0 Å². The van der Waals surface area contributed by atoms with Gasteiger partial charge < -0.3 is 11.1 Å². The quantitative estimate of drug-likeness (QED) is 0.667. The predicted octanol–water partition coefficient (Wildman–Crippen LogP) is 0.591. The van der Waals surface area contributed by atoms with E-state index in [1.54, 1.807) is 18.8 Å². The summed E-state index contributed by atoms with van der Waals surface area (Å²) in [6.45, 7) is 3.92. The van der Waals surface area contributed by atoms with E-state index < -0.39 is 5.54 Å². The Bertz CT molecular complexity index is 163. The number of nitrogens with one attached hydrogen (secondary N) is 1. The normalized spacial score (nSPS) is 18.3. The fourth-order valence-electron chi connectivity index (χ4n) is 0.984. The van der Waals surface area contributed by atoms with E-state index in [4.69, 9.17) is 5.73 Å². The van der Waals surface area contributed by atoms with Gasteiger partial charge in [0.1, 0.15) is 0 Å². The van der Waals surface area contributed by atoms with Crippen molar-refractivity contribution in [3.63, 3.8) is 0 Å². The highest BCUT2D eigenvalue weighted by Gasteiger charge is 2.30. The van der Waals surface area contributed by atoms with Crippen LogP contribution in [0.25, 0.3) is 0 Å². The minimum Gasteiger partial charge on any atom is -0.368 e. The van der Waals surface area contributed by atoms with Crippen molar-refractivity contribution in [1.82, 2.24) is 5.32 Å². The third-order valence-electron chi connectivity index (χ3n) is 2.19. The molecule has 2 atom stereocenters. The number of nitrogens with two attached hydrogens (primary N) is 1. The fourth-order valence-corrected chi connectivity index (χ4v) is 1.48. The van der Waals surface area contributed by atoms with Gasteiger partial charge in [0.25, 0.3) is 0 Å². The van der Waals surface area contributed by atoms with Crippen molar-refractivity contribution in [3.8, 4) is 0 Å². The molecule has 0 aromatic heterocycles. The molecule has 0 heterocycles. The molecule has 0 aromatic rings. The van der Waals surface area contributed by atoms with Crippen LogP contribution < -0.4 is 11.1 Å². The van der Waals surface area contributed by atoms with Gasteiger partial charge in [0.15, 0.2) is 0 Å². The molecule has 0 rings (SSSR count). The van der Waals surface area contributed by atoms with E-state index in [9.17, 15) is 4.79 Å². The molecule has 0 saturated heterocycles. The summed E-state index contributed by atoms with van der Waals surface area (Å²) in [5.41, 5.74) is 4.71. The zero-order valence-electron chi connectivity index (χ0n) is 8.18. The summed E-state index contributed by atoms with van der Waals surface area (Å²) in [7, 11) is 1.76. The van der Waals surface area contributed by atoms with E-state index in [1.165, 1.54) is 0 Å². The van der Waals surface area contributed by atoms with Crippen molar-refractivity contribution < 1.29 is 4.79 Å². The third-order valence-corrected chi connectivity index (χ3v) is 3.17. The molecular weight excluding hydrogens is 172 g/mol. The first-order valence-corrected chi connectivity index (χ1v) is 5.26. The van der Waals surface area contributed by atoms with Crippen molar-refractivity contribution >= 4 is 17.7 Å². The Morgan fingerprint density at radius 2 is 2.25 bits per heavy atom. The van der Waals surface area contributed by atoms with Crippen LogP contribution in [0.15, 0.2) is 0 Å². The highest BCUT2D eigenvalue weighted by Crippen LogP contribution is 2.19. The van der Waals surface area contributed by atoms with Crippen LogP contribution in [0.2, 0.25) is 0 Å². The zero-order valence-corrected chi connectivity index (χ0v) is 8.99. The third kappa shape index (κ3) is 3.03. The van der Waals surface area contributed by atoms with Gasteiger partial charge in [-0.05, 0) is 26.6 Å². The van der Waals surface area contributed by atoms with E-state index in [0.29, 0.717) is 5.25 Å². The number of carbonyl (C=O) groups excluding carboxylic acids is 1. The molecule has 0 radical (unpaired) electrons. The molecule has 0 spiro atoms. The lowest BCUT2D eigenvalue weighted by atomic mass is 9.95. The van der Waals surface area contributed by atoms with Crippen molar-refractivity contribution in [2.24, 2.45) is 5.73 Å². The highest BCUT2D eigenvalue weighted by atomic mass is 32.2. The van der Waals surface area contributed by atoms with Gasteiger partial charge in [-0.3, -0.25) is 4.79 Å². The lowest BCUT2D eigenvalue weighted by Crippen LogP contribution is -2.52. The summed E-state index contributed by atoms with van der Waals surface area (Å²) in [6.07, 6.45) is 2.79. The maximum atomic E-state index is 11.1. The first-order chi connectivity index (χ1) is 5.46. The minimum absolute atomic E-state index is 0.286. The Balaban J connectivity index is 4.23. The molecule has 12 heavy (non-hydrogen) atoms. The maximum absolute atomic E-state index is 11.1. The average molecular weight is 190 g/mol. The highest BCUT2D eigenvalue weighted by molar-refractivity contribution is 7.99. The Labute approximate surface area is 78.5 Å². The Hall–Kier alpha value is -0.220. The number of amides is 1. The van der Waals surface area contributed by atoms with Crippen LogP contribution in [0.3, 0.4) is 0 Å². The van der Waals surface area contributed by atoms with Gasteiger partial charge in [0.05, 0.1) is 5.54 Å². The predicted molar refractivity (Wildman–Crippen MR) is 54.3 cm³/mol. The summed E-state index contributed by atoms with van der Waals surface area (Å²) in [5, 5.41) is 3.39. The number of rotatable bonds is 5. The van der Waals surface area contributed by atoms with Gasteiger partial charge in [0, 0.05) is 5.25 Å². The van der Waals surface area contributed by atoms with E-state index in [1.807, 2.05) is 13.2 Å². The second-order valence-electron chi connectivity index (χ2n) is 3.20. The number of hydrogen-bond donors (Lipinski definition) is 2. The van der Waals surface area contributed by atoms with E-state index in [2.05, 4.69) is 12.2 Å². The van der Waals surface area contributed by atoms with Gasteiger partial charge in [-0.25, -0.2) is 0 Å². The van der Waals surface area contributed by atoms with Gasteiger partial charge in [-0.15, -0.1) is 0 Å². The molecule has 0 fully saturated rings. The molecule has 0 aliphatic heterocycles. The van der Waals surface area contributed by atoms with Crippen LogP contribution in [0.4, 0.5) is 0 Å². The van der Waals surface area contributed by atoms with Crippen LogP contribution in [0, 0.1) is 0 Å². The largest absolute Gasteiger partial charge is 0.368 e. The first-order valence-electron chi connectivity index (χ1n) is 3.98. The summed E-state index contributed by atoms with van der Waals surface area (Å²) in [5.74, 6) is -0.286. The molecule has 72 valence electrons. The SMILES string of the molecule is CNC(C)(CC(C)SC)C(N)=O. The second-order valence-corrected chi connectivity index (χ2v) is 4.47. The molecular formula is C8H18N2OS. The summed E-state index contributed by atoms with van der Waals surface area (Å²) < 4.78 is 0. The van der Waals surface area contributed by atoms with Gasteiger partial charge >= 0.3 is 0 Å². The van der Waals surface area contributed by atoms with Crippen molar-refractivity contribution in [1.29, 1.82) is 0 Å². The van der Waals surface area contributed by atoms with E-state index in [0.717, 1.165) is 6.42 Å². The van der Waals surface area contributed by atoms with Gasteiger partial charge in [-0.1, -0.05) is 6.92 Å². The number of likely N-dealkylation sites (N-methyl/N-ethyl adjacent to an activating group) is 1. The number of primary amides is 1. The van der Waals surface area contributed by atoms with Crippen LogP contribution in [-0.2, 0) is 4.79 Å². The molecule has 0 saturated carbocycles. The molecule has 3 nitrogen and oxygen atoms in total. The Kier molecular flexibility index (Phi) is 4.63. The number of hydrogen-bond acceptors (Lipinski definition) is 3. The van der Waals surface area contributed by atoms with Crippen LogP contribution >= 0.6 is 11.8 Å². The molecule has 2 unspecified atom stereocenters. The number of carbonyl (C=O) groups is 1. The molecule has 1 amide bonds. The van der Waals surface area contributed by atoms with Crippen molar-refractivity contribution in [2.75, 3.05) is 13.3 Å². The van der Waals surface area contributed by atoms with Crippen LogP contribution in [0.1, 0.15) is 20.3 Å². The van der Waals surface area contributed by atoms with E-state index >= 15 is 0 Å². The summed E-state index contributed by atoms with van der Waals surface area (Å²) in [6, 6.07) is 0. The van der Waals surface area contributed by atoms with Gasteiger partial charge in [-0.2, -0.15) is 11.8 Å². The summed E-state index contributed by atoms with van der Waals surface area (Å²) >= 11 is 1.74. The first kappa shape index (κ1) is 11.8. The lowest BCUT2D eigenvalue weighted by Gasteiger charge is -2.27. The molecule has 4 heteroatoms. The minimum atomic E-state index is -0.567. The van der Waals surface area contributed by atoms with Crippen molar-refractivity contribution in [3.05, 3.63) is 0 Å². The topological polar surface area (TPSA) is 55.1 Å². The Morgan fingerprint density at radius 1 is 1.75 bits per heavy atom. The molecule has 0 aliphatic rings. The lowest BCUT2D eigenvalue weighted by molar-refractivity contribution is -0.123. The Morgan fingerprint density at radius 3 is 2.50 bits per heavy atom. The molecule has 0 bridgehead atoms. The molecule has 3 N–H and O–H groups in total. The molecule has 0 aliphatic carbocycles. The summed E-state index contributed by atoms with van der Waals surface area (Å²) in [4.78, 5) is 11.1. The average Bonchev–Trinajstić information content (AvgIpc) is 2.03. The van der Waals surface area contributed by atoms with Crippen molar-refractivity contribution in [2.45, 2.75) is 31.1 Å². The number of thioether (sulfide) groups is 1. The van der Waals surface area contributed by atoms with Gasteiger partial charge in [0.2, 0.25) is 5.91 Å².